The highest BCUT2D eigenvalue weighted by Crippen LogP contribution is 2.32. The number of aromatic nitrogens is 2. The predicted octanol–water partition coefficient (Wildman–Crippen LogP) is 4.31. The number of H-pyrrole nitrogens is 1. The Bertz CT molecular complexity index is 836. The van der Waals surface area contributed by atoms with E-state index in [2.05, 4.69) is 61.0 Å². The maximum absolute atomic E-state index is 6.01. The fraction of sp³-hybridized carbons (Fsp3) is 0.450. The number of ether oxygens (including phenoxy) is 1. The third-order valence-corrected chi connectivity index (χ3v) is 4.38. The van der Waals surface area contributed by atoms with Gasteiger partial charge in [0.2, 0.25) is 0 Å². The number of hydrogen-bond acceptors (Lipinski definition) is 3. The third kappa shape index (κ3) is 3.39. The highest BCUT2D eigenvalue weighted by atomic mass is 16.5. The van der Waals surface area contributed by atoms with Gasteiger partial charge in [0.25, 0.3) is 0 Å². The minimum Gasteiger partial charge on any atom is -0.493 e. The van der Waals surface area contributed by atoms with Crippen LogP contribution >= 0.6 is 0 Å². The van der Waals surface area contributed by atoms with Gasteiger partial charge in [-0.15, -0.1) is 0 Å². The van der Waals surface area contributed by atoms with Gasteiger partial charge in [0.1, 0.15) is 5.75 Å². The first-order chi connectivity index (χ1) is 11.6. The van der Waals surface area contributed by atoms with Crippen molar-refractivity contribution in [2.45, 2.75) is 33.1 Å². The van der Waals surface area contributed by atoms with Crippen molar-refractivity contribution in [2.75, 3.05) is 27.2 Å². The van der Waals surface area contributed by atoms with E-state index >= 15 is 0 Å². The second kappa shape index (κ2) is 7.22. The van der Waals surface area contributed by atoms with E-state index in [-0.39, 0.29) is 0 Å². The smallest absolute Gasteiger partial charge is 0.124 e. The molecular formula is C20H27N3O. The number of pyridine rings is 1. The van der Waals surface area contributed by atoms with Crippen molar-refractivity contribution >= 4 is 21.8 Å². The van der Waals surface area contributed by atoms with E-state index in [0.29, 0.717) is 0 Å². The van der Waals surface area contributed by atoms with Gasteiger partial charge in [-0.2, -0.15) is 0 Å². The van der Waals surface area contributed by atoms with Crippen molar-refractivity contribution in [3.05, 3.63) is 35.7 Å². The summed E-state index contributed by atoms with van der Waals surface area (Å²) in [5, 5.41) is 2.51. The maximum Gasteiger partial charge on any atom is 0.124 e. The Labute approximate surface area is 143 Å². The van der Waals surface area contributed by atoms with Crippen LogP contribution in [0.1, 0.15) is 31.0 Å². The summed E-state index contributed by atoms with van der Waals surface area (Å²) in [6.45, 7) is 6.10. The average molecular weight is 325 g/mol. The van der Waals surface area contributed by atoms with Gasteiger partial charge in [0.05, 0.1) is 17.8 Å². The molecule has 0 unspecified atom stereocenters. The summed E-state index contributed by atoms with van der Waals surface area (Å²) in [7, 11) is 4.17. The Hall–Kier alpha value is -2.07. The molecule has 3 aromatic rings. The molecule has 1 N–H and O–H groups in total. The van der Waals surface area contributed by atoms with Crippen LogP contribution in [0.4, 0.5) is 0 Å². The molecule has 2 heterocycles. The molecule has 0 spiro atoms. The molecule has 0 saturated carbocycles. The zero-order chi connectivity index (χ0) is 17.1. The van der Waals surface area contributed by atoms with Crippen molar-refractivity contribution in [1.29, 1.82) is 0 Å². The van der Waals surface area contributed by atoms with Gasteiger partial charge in [0.15, 0.2) is 0 Å². The highest BCUT2D eigenvalue weighted by molar-refractivity contribution is 6.09. The molecule has 0 atom stereocenters. The third-order valence-electron chi connectivity index (χ3n) is 4.38. The summed E-state index contributed by atoms with van der Waals surface area (Å²) in [4.78, 5) is 10.3. The molecule has 0 fully saturated rings. The molecule has 4 nitrogen and oxygen atoms in total. The van der Waals surface area contributed by atoms with Crippen LogP contribution in [0.3, 0.4) is 0 Å². The molecule has 0 amide bonds. The first-order valence-corrected chi connectivity index (χ1v) is 8.77. The van der Waals surface area contributed by atoms with Crippen LogP contribution in [0, 0.1) is 6.92 Å². The molecule has 128 valence electrons. The van der Waals surface area contributed by atoms with Crippen LogP contribution in [-0.2, 0) is 6.42 Å². The van der Waals surface area contributed by atoms with Gasteiger partial charge in [-0.25, -0.2) is 0 Å². The molecule has 0 aliphatic rings. The number of rotatable bonds is 7. The summed E-state index contributed by atoms with van der Waals surface area (Å²) in [5.74, 6) is 0.970. The van der Waals surface area contributed by atoms with Gasteiger partial charge in [0, 0.05) is 35.1 Å². The van der Waals surface area contributed by atoms with E-state index in [1.165, 1.54) is 22.0 Å². The molecular weight excluding hydrogens is 298 g/mol. The van der Waals surface area contributed by atoms with Gasteiger partial charge in [-0.3, -0.25) is 4.98 Å². The summed E-state index contributed by atoms with van der Waals surface area (Å²) >= 11 is 0. The Morgan fingerprint density at radius 1 is 1.21 bits per heavy atom. The lowest BCUT2D eigenvalue weighted by Crippen LogP contribution is -2.15. The molecule has 2 aromatic heterocycles. The molecule has 0 saturated heterocycles. The molecule has 24 heavy (non-hydrogen) atoms. The quantitative estimate of drug-likeness (QED) is 0.658. The number of hydrogen-bond donors (Lipinski definition) is 1. The number of nitrogens with zero attached hydrogens (tertiary/aromatic N) is 2. The molecule has 0 radical (unpaired) electrons. The SMILES string of the molecule is CCCc1nccc2[nH]c3cc(OCCCN(C)C)c(C)cc3c12. The zero-order valence-corrected chi connectivity index (χ0v) is 15.1. The van der Waals surface area contributed by atoms with Crippen LogP contribution < -0.4 is 4.74 Å². The van der Waals surface area contributed by atoms with E-state index < -0.39 is 0 Å². The van der Waals surface area contributed by atoms with Crippen LogP contribution in [0.2, 0.25) is 0 Å². The fourth-order valence-corrected chi connectivity index (χ4v) is 3.20. The minimum absolute atomic E-state index is 0.743. The summed E-state index contributed by atoms with van der Waals surface area (Å²) in [6, 6.07) is 6.42. The second-order valence-electron chi connectivity index (χ2n) is 6.72. The monoisotopic (exact) mass is 325 g/mol. The first-order valence-electron chi connectivity index (χ1n) is 8.77. The van der Waals surface area contributed by atoms with Crippen molar-refractivity contribution in [3.8, 4) is 5.75 Å². The van der Waals surface area contributed by atoms with Gasteiger partial charge in [-0.05, 0) is 51.6 Å². The van der Waals surface area contributed by atoms with E-state index in [0.717, 1.165) is 49.2 Å². The first kappa shape index (κ1) is 16.8. The van der Waals surface area contributed by atoms with Crippen LogP contribution in [0.15, 0.2) is 24.4 Å². The minimum atomic E-state index is 0.743. The van der Waals surface area contributed by atoms with E-state index in [1.807, 2.05) is 6.20 Å². The largest absolute Gasteiger partial charge is 0.493 e. The van der Waals surface area contributed by atoms with Crippen molar-refractivity contribution < 1.29 is 4.74 Å². The van der Waals surface area contributed by atoms with Crippen molar-refractivity contribution in [3.63, 3.8) is 0 Å². The highest BCUT2D eigenvalue weighted by Gasteiger charge is 2.12. The Kier molecular flexibility index (Phi) is 5.05. The van der Waals surface area contributed by atoms with Crippen LogP contribution in [0.5, 0.6) is 5.75 Å². The molecule has 0 aliphatic heterocycles. The normalized spacial score (nSPS) is 11.7. The number of nitrogens with one attached hydrogen (secondary N) is 1. The lowest BCUT2D eigenvalue weighted by Gasteiger charge is -2.12. The summed E-state index contributed by atoms with van der Waals surface area (Å²) in [6.07, 6.45) is 5.03. The number of aromatic amines is 1. The number of benzene rings is 1. The van der Waals surface area contributed by atoms with E-state index in [9.17, 15) is 0 Å². The molecule has 4 heteroatoms. The molecule has 0 aliphatic carbocycles. The number of fused-ring (bicyclic) bond motifs is 3. The zero-order valence-electron chi connectivity index (χ0n) is 15.1. The van der Waals surface area contributed by atoms with Crippen LogP contribution in [-0.4, -0.2) is 42.1 Å². The Morgan fingerprint density at radius 3 is 2.79 bits per heavy atom. The lowest BCUT2D eigenvalue weighted by atomic mass is 10.1. The molecule has 3 rings (SSSR count). The van der Waals surface area contributed by atoms with Gasteiger partial charge in [-0.1, -0.05) is 13.3 Å². The van der Waals surface area contributed by atoms with E-state index in [4.69, 9.17) is 4.74 Å². The Morgan fingerprint density at radius 2 is 2.04 bits per heavy atom. The second-order valence-corrected chi connectivity index (χ2v) is 6.72. The number of aryl methyl sites for hydroxylation is 2. The van der Waals surface area contributed by atoms with Crippen molar-refractivity contribution in [1.82, 2.24) is 14.9 Å². The summed E-state index contributed by atoms with van der Waals surface area (Å²) < 4.78 is 6.01. The van der Waals surface area contributed by atoms with Crippen molar-refractivity contribution in [2.24, 2.45) is 0 Å². The van der Waals surface area contributed by atoms with Crippen LogP contribution in [0.25, 0.3) is 21.8 Å². The standard InChI is InChI=1S/C20H27N3O/c1-5-7-16-20-15-12-14(2)19(24-11-6-10-23(3)4)13-18(15)22-17(20)8-9-21-16/h8-9,12-13,22H,5-7,10-11H2,1-4H3. The van der Waals surface area contributed by atoms with E-state index in [1.54, 1.807) is 0 Å². The average Bonchev–Trinajstić information content (AvgIpc) is 2.90. The predicted molar refractivity (Wildman–Crippen MR) is 101 cm³/mol. The fourth-order valence-electron chi connectivity index (χ4n) is 3.20. The van der Waals surface area contributed by atoms with Gasteiger partial charge < -0.3 is 14.6 Å². The molecule has 0 bridgehead atoms. The summed E-state index contributed by atoms with van der Waals surface area (Å²) in [5.41, 5.74) is 4.65. The molecule has 1 aromatic carbocycles. The Balaban J connectivity index is 1.93. The van der Waals surface area contributed by atoms with Gasteiger partial charge >= 0.3 is 0 Å². The lowest BCUT2D eigenvalue weighted by molar-refractivity contribution is 0.280. The maximum atomic E-state index is 6.01. The topological polar surface area (TPSA) is 41.1 Å².